The van der Waals surface area contributed by atoms with Crippen molar-refractivity contribution in [2.75, 3.05) is 29.9 Å². The van der Waals surface area contributed by atoms with E-state index in [0.717, 1.165) is 11.1 Å². The number of anilines is 2. The van der Waals surface area contributed by atoms with Crippen LogP contribution in [0.25, 0.3) is 17.1 Å². The van der Waals surface area contributed by atoms with Crippen LogP contribution >= 0.6 is 11.8 Å². The predicted octanol–water partition coefficient (Wildman–Crippen LogP) is 6.92. The van der Waals surface area contributed by atoms with Gasteiger partial charge in [-0.3, -0.25) is 9.69 Å². The Bertz CT molecular complexity index is 1780. The molecule has 1 aliphatic heterocycles. The molecule has 1 aliphatic rings. The lowest BCUT2D eigenvalue weighted by atomic mass is 9.99. The molecule has 0 bridgehead atoms. The summed E-state index contributed by atoms with van der Waals surface area (Å²) in [5, 5.41) is 7.39. The highest BCUT2D eigenvalue weighted by atomic mass is 32.2. The number of aliphatic imine (C=N–C) groups is 1. The first-order valence-electron chi connectivity index (χ1n) is 13.9. The summed E-state index contributed by atoms with van der Waals surface area (Å²) >= 11 is 1.18. The first kappa shape index (κ1) is 32.5. The van der Waals surface area contributed by atoms with E-state index in [1.54, 1.807) is 18.2 Å². The molecule has 0 unspecified atom stereocenters. The van der Waals surface area contributed by atoms with Gasteiger partial charge in [0, 0.05) is 12.7 Å². The average molecular weight is 655 g/mol. The molecule has 3 aromatic carbocycles. The molecule has 240 valence electrons. The second kappa shape index (κ2) is 13.6. The van der Waals surface area contributed by atoms with Crippen LogP contribution in [0.1, 0.15) is 30.9 Å². The Hall–Kier alpha value is -4.89. The van der Waals surface area contributed by atoms with Crippen molar-refractivity contribution < 1.29 is 37.0 Å². The van der Waals surface area contributed by atoms with E-state index < -0.39 is 12.4 Å². The van der Waals surface area contributed by atoms with Gasteiger partial charge in [-0.1, -0.05) is 37.7 Å². The summed E-state index contributed by atoms with van der Waals surface area (Å²) < 4.78 is 53.5. The van der Waals surface area contributed by atoms with Crippen molar-refractivity contribution in [2.24, 2.45) is 4.99 Å². The molecule has 1 aromatic heterocycles. The molecular weight excluding hydrogens is 625 g/mol. The summed E-state index contributed by atoms with van der Waals surface area (Å²) in [7, 11) is 1.45. The largest absolute Gasteiger partial charge is 0.573 e. The van der Waals surface area contributed by atoms with Crippen LogP contribution in [0.3, 0.4) is 0 Å². The van der Waals surface area contributed by atoms with Gasteiger partial charge in [0.25, 0.3) is 0 Å². The highest BCUT2D eigenvalue weighted by Crippen LogP contribution is 2.35. The molecular formula is C31H29F3N6O5S. The molecule has 2 heterocycles. The highest BCUT2D eigenvalue weighted by molar-refractivity contribution is 8.15. The number of halogens is 3. The van der Waals surface area contributed by atoms with E-state index in [9.17, 15) is 22.8 Å². The molecule has 3 amide bonds. The molecule has 15 heteroatoms. The molecule has 1 N–H and O–H groups in total. The van der Waals surface area contributed by atoms with Gasteiger partial charge < -0.3 is 19.5 Å². The maximum atomic E-state index is 13.1. The number of aromatic nitrogens is 3. The lowest BCUT2D eigenvalue weighted by Gasteiger charge is -2.22. The number of rotatable bonds is 9. The van der Waals surface area contributed by atoms with Crippen LogP contribution in [0, 0.1) is 6.92 Å². The van der Waals surface area contributed by atoms with E-state index in [-0.39, 0.29) is 52.5 Å². The van der Waals surface area contributed by atoms with E-state index in [0.29, 0.717) is 16.9 Å². The van der Waals surface area contributed by atoms with Crippen molar-refractivity contribution in [3.05, 3.63) is 78.1 Å². The number of carbonyl (C=O) groups is 2. The van der Waals surface area contributed by atoms with Gasteiger partial charge in [0.15, 0.2) is 17.8 Å². The minimum Gasteiger partial charge on any atom is -0.465 e. The number of alkyl halides is 3. The standard InChI is InChI=1S/C31H29F3N6O5S/c1-18(2)23-11-5-19(3)13-25(23)40-27(41)15-46-30(40)37-29(42)36-24-12-6-20(14-26(24)44-17-43-4)28-35-16-39(38-28)21-7-9-22(10-8-21)45-31(32,33)34/h5-14,16,18H,15,17H2,1-4H3,(H,36,42). The number of benzene rings is 3. The van der Waals surface area contributed by atoms with Crippen molar-refractivity contribution in [1.29, 1.82) is 0 Å². The molecule has 0 spiro atoms. The fraction of sp³-hybridized carbons (Fsp3) is 0.258. The molecule has 5 rings (SSSR count). The molecule has 0 atom stereocenters. The lowest BCUT2D eigenvalue weighted by molar-refractivity contribution is -0.274. The Balaban J connectivity index is 1.37. The number of hydrogen-bond acceptors (Lipinski definition) is 8. The van der Waals surface area contributed by atoms with E-state index in [4.69, 9.17) is 9.47 Å². The fourth-order valence-corrected chi connectivity index (χ4v) is 5.43. The van der Waals surface area contributed by atoms with Gasteiger partial charge in [-0.05, 0) is 72.5 Å². The summed E-state index contributed by atoms with van der Waals surface area (Å²) in [5.74, 6) is 0.287. The molecule has 1 fully saturated rings. The second-order valence-corrected chi connectivity index (χ2v) is 11.3. The number of aryl methyl sites for hydroxylation is 1. The molecule has 0 saturated carbocycles. The Morgan fingerprint density at radius 3 is 2.57 bits per heavy atom. The van der Waals surface area contributed by atoms with Gasteiger partial charge in [0.1, 0.15) is 17.8 Å². The summed E-state index contributed by atoms with van der Waals surface area (Å²) in [6.07, 6.45) is -3.39. The number of carbonyl (C=O) groups excluding carboxylic acids is 2. The molecule has 0 aliphatic carbocycles. The summed E-state index contributed by atoms with van der Waals surface area (Å²) in [6, 6.07) is 15.2. The van der Waals surface area contributed by atoms with Crippen LogP contribution in [-0.4, -0.2) is 57.9 Å². The van der Waals surface area contributed by atoms with Crippen molar-refractivity contribution in [1.82, 2.24) is 14.8 Å². The average Bonchev–Trinajstić information content (AvgIpc) is 3.63. The molecule has 11 nitrogen and oxygen atoms in total. The topological polar surface area (TPSA) is 120 Å². The third-order valence-electron chi connectivity index (χ3n) is 6.65. The maximum Gasteiger partial charge on any atom is 0.573 e. The number of thioether (sulfide) groups is 1. The monoisotopic (exact) mass is 654 g/mol. The number of ether oxygens (including phenoxy) is 3. The second-order valence-electron chi connectivity index (χ2n) is 10.4. The minimum atomic E-state index is -4.79. The number of nitrogens with zero attached hydrogens (tertiary/aromatic N) is 5. The normalized spacial score (nSPS) is 14.3. The highest BCUT2D eigenvalue weighted by Gasteiger charge is 2.33. The van der Waals surface area contributed by atoms with Crippen molar-refractivity contribution in [3.63, 3.8) is 0 Å². The minimum absolute atomic E-state index is 0.126. The van der Waals surface area contributed by atoms with Crippen LogP contribution < -0.4 is 19.7 Å². The van der Waals surface area contributed by atoms with Gasteiger partial charge in [-0.2, -0.15) is 4.99 Å². The van der Waals surface area contributed by atoms with Crippen LogP contribution in [-0.2, 0) is 9.53 Å². The SMILES string of the molecule is COCOc1cc(-c2ncn(-c3ccc(OC(F)(F)F)cc3)n2)ccc1NC(=O)N=C1SCC(=O)N1c1cc(C)ccc1C(C)C. The van der Waals surface area contributed by atoms with E-state index in [1.165, 1.54) is 59.0 Å². The van der Waals surface area contributed by atoms with Gasteiger partial charge >= 0.3 is 12.4 Å². The number of amidine groups is 1. The zero-order valence-corrected chi connectivity index (χ0v) is 26.0. The Labute approximate surface area is 266 Å². The van der Waals surface area contributed by atoms with Gasteiger partial charge in [0.05, 0.1) is 22.8 Å². The smallest absolute Gasteiger partial charge is 0.465 e. The fourth-order valence-electron chi connectivity index (χ4n) is 4.57. The molecule has 0 radical (unpaired) electrons. The third kappa shape index (κ3) is 7.66. The third-order valence-corrected chi connectivity index (χ3v) is 7.58. The van der Waals surface area contributed by atoms with Crippen molar-refractivity contribution in [2.45, 2.75) is 33.1 Å². The zero-order chi connectivity index (χ0) is 33.0. The molecule has 4 aromatic rings. The predicted molar refractivity (Wildman–Crippen MR) is 168 cm³/mol. The first-order valence-corrected chi connectivity index (χ1v) is 14.9. The van der Waals surface area contributed by atoms with Crippen LogP contribution in [0.4, 0.5) is 29.3 Å². The number of nitrogens with one attached hydrogen (secondary N) is 1. The number of urea groups is 1. The maximum absolute atomic E-state index is 13.1. The van der Waals surface area contributed by atoms with Gasteiger partial charge in [-0.15, -0.1) is 18.3 Å². The number of methoxy groups -OCH3 is 1. The summed E-state index contributed by atoms with van der Waals surface area (Å²) in [5.41, 5.74) is 3.90. The van der Waals surface area contributed by atoms with Crippen LogP contribution in [0.5, 0.6) is 11.5 Å². The van der Waals surface area contributed by atoms with E-state index >= 15 is 0 Å². The van der Waals surface area contributed by atoms with Crippen LogP contribution in [0.15, 0.2) is 72.0 Å². The number of hydrogen-bond donors (Lipinski definition) is 1. The van der Waals surface area contributed by atoms with E-state index in [2.05, 4.69) is 25.1 Å². The summed E-state index contributed by atoms with van der Waals surface area (Å²) in [6.45, 7) is 5.87. The van der Waals surface area contributed by atoms with Gasteiger partial charge in [-0.25, -0.2) is 14.5 Å². The zero-order valence-electron chi connectivity index (χ0n) is 25.2. The van der Waals surface area contributed by atoms with E-state index in [1.807, 2.05) is 39.0 Å². The Kier molecular flexibility index (Phi) is 9.63. The lowest BCUT2D eigenvalue weighted by Crippen LogP contribution is -2.31. The molecule has 1 saturated heterocycles. The van der Waals surface area contributed by atoms with Crippen molar-refractivity contribution in [3.8, 4) is 28.6 Å². The first-order chi connectivity index (χ1) is 21.9. The summed E-state index contributed by atoms with van der Waals surface area (Å²) in [4.78, 5) is 36.1. The molecule has 46 heavy (non-hydrogen) atoms. The number of amides is 3. The quantitative estimate of drug-likeness (QED) is 0.193. The Morgan fingerprint density at radius 2 is 1.87 bits per heavy atom. The van der Waals surface area contributed by atoms with Crippen LogP contribution in [0.2, 0.25) is 0 Å². The van der Waals surface area contributed by atoms with Crippen molar-refractivity contribution >= 4 is 40.2 Å². The Morgan fingerprint density at radius 1 is 1.11 bits per heavy atom. The van der Waals surface area contributed by atoms with Gasteiger partial charge in [0.2, 0.25) is 5.91 Å².